The minimum Gasteiger partial charge on any atom is -0.493 e. The number of benzene rings is 2. The van der Waals surface area contributed by atoms with Crippen LogP contribution in [0.4, 0.5) is 5.69 Å². The third-order valence-electron chi connectivity index (χ3n) is 5.13. The average molecular weight is 433 g/mol. The van der Waals surface area contributed by atoms with Gasteiger partial charge < -0.3 is 14.8 Å². The highest BCUT2D eigenvalue weighted by Crippen LogP contribution is 2.50. The molecule has 2 atom stereocenters. The van der Waals surface area contributed by atoms with Crippen LogP contribution < -0.4 is 19.7 Å². The molecule has 4 rings (SSSR count). The molecule has 2 unspecified atom stereocenters. The number of thiocarbonyl (C=S) groups is 1. The number of hydrogen-bond acceptors (Lipinski definition) is 3. The Morgan fingerprint density at radius 2 is 2.08 bits per heavy atom. The van der Waals surface area contributed by atoms with Gasteiger partial charge in [-0.3, -0.25) is 4.90 Å². The predicted molar refractivity (Wildman–Crippen MR) is 111 cm³/mol. The molecular weight excluding hydrogens is 412 g/mol. The molecule has 2 heterocycles. The highest BCUT2D eigenvalue weighted by atomic mass is 79.9. The van der Waals surface area contributed by atoms with Gasteiger partial charge in [0.2, 0.25) is 0 Å². The molecule has 26 heavy (non-hydrogen) atoms. The quantitative estimate of drug-likeness (QED) is 0.693. The number of rotatable bonds is 3. The summed E-state index contributed by atoms with van der Waals surface area (Å²) >= 11 is 9.27. The van der Waals surface area contributed by atoms with Crippen molar-refractivity contribution in [2.75, 3.05) is 12.0 Å². The van der Waals surface area contributed by atoms with Crippen LogP contribution in [0.2, 0.25) is 0 Å². The number of methoxy groups -OCH3 is 1. The van der Waals surface area contributed by atoms with Gasteiger partial charge in [-0.2, -0.15) is 0 Å². The molecule has 0 spiro atoms. The van der Waals surface area contributed by atoms with E-state index in [0.29, 0.717) is 5.11 Å². The molecule has 136 valence electrons. The Labute approximate surface area is 167 Å². The monoisotopic (exact) mass is 432 g/mol. The van der Waals surface area contributed by atoms with Crippen molar-refractivity contribution in [2.24, 2.45) is 0 Å². The van der Waals surface area contributed by atoms with E-state index >= 15 is 0 Å². The maximum absolute atomic E-state index is 6.51. The van der Waals surface area contributed by atoms with Gasteiger partial charge in [0, 0.05) is 22.1 Å². The van der Waals surface area contributed by atoms with E-state index in [2.05, 4.69) is 70.3 Å². The second kappa shape index (κ2) is 6.43. The lowest BCUT2D eigenvalue weighted by molar-refractivity contribution is 0.0464. The van der Waals surface area contributed by atoms with Gasteiger partial charge in [0.1, 0.15) is 0 Å². The zero-order valence-corrected chi connectivity index (χ0v) is 17.4. The van der Waals surface area contributed by atoms with Crippen LogP contribution in [0.5, 0.6) is 11.5 Å². The zero-order valence-electron chi connectivity index (χ0n) is 15.0. The van der Waals surface area contributed by atoms with Crippen LogP contribution in [-0.2, 0) is 6.42 Å². The van der Waals surface area contributed by atoms with Crippen molar-refractivity contribution in [3.63, 3.8) is 0 Å². The Morgan fingerprint density at radius 3 is 2.73 bits per heavy atom. The predicted octanol–water partition coefficient (Wildman–Crippen LogP) is 4.95. The van der Waals surface area contributed by atoms with Crippen LogP contribution in [0.15, 0.2) is 40.9 Å². The van der Waals surface area contributed by atoms with E-state index in [9.17, 15) is 0 Å². The fourth-order valence-corrected chi connectivity index (χ4v) is 4.72. The lowest BCUT2D eigenvalue weighted by Gasteiger charge is -2.52. The van der Waals surface area contributed by atoms with Gasteiger partial charge in [0.25, 0.3) is 0 Å². The summed E-state index contributed by atoms with van der Waals surface area (Å²) in [6.07, 6.45) is 1.80. The second-order valence-corrected chi connectivity index (χ2v) is 8.17. The number of fused-ring (bicyclic) bond motifs is 4. The Kier molecular flexibility index (Phi) is 4.35. The van der Waals surface area contributed by atoms with Crippen LogP contribution >= 0.6 is 28.1 Å². The lowest BCUT2D eigenvalue weighted by atomic mass is 9.90. The largest absolute Gasteiger partial charge is 0.493 e. The summed E-state index contributed by atoms with van der Waals surface area (Å²) in [5.41, 5.74) is 2.82. The SMILES string of the molecule is CCc1ccc(N2C(=S)NC3CC2(C)Oc2c(OC)cc(Br)cc23)cc1. The molecule has 2 bridgehead atoms. The normalized spacial score (nSPS) is 23.8. The Hall–Kier alpha value is -1.79. The first-order chi connectivity index (χ1) is 12.4. The first-order valence-electron chi connectivity index (χ1n) is 8.71. The Bertz CT molecular complexity index is 871. The molecule has 2 aromatic rings. The number of ether oxygens (including phenoxy) is 2. The smallest absolute Gasteiger partial charge is 0.188 e. The fraction of sp³-hybridized carbons (Fsp3) is 0.350. The molecule has 0 aromatic heterocycles. The van der Waals surface area contributed by atoms with E-state index in [0.717, 1.165) is 40.1 Å². The zero-order chi connectivity index (χ0) is 18.5. The van der Waals surface area contributed by atoms with E-state index < -0.39 is 5.72 Å². The Balaban J connectivity index is 1.79. The minimum atomic E-state index is -0.575. The number of halogens is 1. The van der Waals surface area contributed by atoms with Crippen molar-refractivity contribution in [1.29, 1.82) is 0 Å². The van der Waals surface area contributed by atoms with Crippen molar-refractivity contribution >= 4 is 38.9 Å². The molecule has 4 nitrogen and oxygen atoms in total. The van der Waals surface area contributed by atoms with Crippen LogP contribution in [0.1, 0.15) is 37.4 Å². The average Bonchev–Trinajstić information content (AvgIpc) is 2.62. The summed E-state index contributed by atoms with van der Waals surface area (Å²) in [5, 5.41) is 4.16. The molecule has 1 fully saturated rings. The molecule has 1 N–H and O–H groups in total. The molecule has 1 saturated heterocycles. The van der Waals surface area contributed by atoms with Crippen LogP contribution in [0.25, 0.3) is 0 Å². The summed E-state index contributed by atoms with van der Waals surface area (Å²) in [5.74, 6) is 1.50. The summed E-state index contributed by atoms with van der Waals surface area (Å²) in [6.45, 7) is 4.24. The molecule has 0 amide bonds. The van der Waals surface area contributed by atoms with Gasteiger partial charge >= 0.3 is 0 Å². The molecule has 2 aliphatic rings. The van der Waals surface area contributed by atoms with Crippen LogP contribution in [-0.4, -0.2) is 17.9 Å². The van der Waals surface area contributed by atoms with Gasteiger partial charge in [-0.25, -0.2) is 0 Å². The number of hydrogen-bond donors (Lipinski definition) is 1. The van der Waals surface area contributed by atoms with Crippen molar-refractivity contribution in [2.45, 2.75) is 38.5 Å². The maximum Gasteiger partial charge on any atom is 0.188 e. The molecule has 0 radical (unpaired) electrons. The summed E-state index contributed by atoms with van der Waals surface area (Å²) in [7, 11) is 1.66. The number of nitrogens with one attached hydrogen (secondary N) is 1. The molecule has 0 saturated carbocycles. The van der Waals surface area contributed by atoms with Gasteiger partial charge in [-0.1, -0.05) is 35.0 Å². The topological polar surface area (TPSA) is 33.7 Å². The van der Waals surface area contributed by atoms with Crippen molar-refractivity contribution in [1.82, 2.24) is 5.32 Å². The van der Waals surface area contributed by atoms with Crippen LogP contribution in [0, 0.1) is 0 Å². The summed E-state index contributed by atoms with van der Waals surface area (Å²) < 4.78 is 13.0. The molecule has 6 heteroatoms. The van der Waals surface area contributed by atoms with E-state index in [4.69, 9.17) is 21.7 Å². The van der Waals surface area contributed by atoms with E-state index in [1.807, 2.05) is 6.07 Å². The number of nitrogens with zero attached hydrogens (tertiary/aromatic N) is 1. The highest BCUT2D eigenvalue weighted by Gasteiger charge is 2.49. The van der Waals surface area contributed by atoms with Crippen molar-refractivity contribution in [3.05, 3.63) is 52.0 Å². The fourth-order valence-electron chi connectivity index (χ4n) is 3.82. The van der Waals surface area contributed by atoms with E-state index in [-0.39, 0.29) is 6.04 Å². The molecule has 2 aromatic carbocycles. The summed E-state index contributed by atoms with van der Waals surface area (Å²) in [4.78, 5) is 2.07. The summed E-state index contributed by atoms with van der Waals surface area (Å²) in [6, 6.07) is 12.6. The second-order valence-electron chi connectivity index (χ2n) is 6.87. The van der Waals surface area contributed by atoms with Gasteiger partial charge in [-0.05, 0) is 55.4 Å². The third-order valence-corrected chi connectivity index (χ3v) is 5.88. The molecular formula is C20H21BrN2O2S. The van der Waals surface area contributed by atoms with E-state index in [1.54, 1.807) is 7.11 Å². The highest BCUT2D eigenvalue weighted by molar-refractivity contribution is 9.10. The van der Waals surface area contributed by atoms with Gasteiger partial charge in [-0.15, -0.1) is 0 Å². The number of anilines is 1. The maximum atomic E-state index is 6.51. The Morgan fingerprint density at radius 1 is 1.35 bits per heavy atom. The molecule has 2 aliphatic heterocycles. The van der Waals surface area contributed by atoms with Crippen molar-refractivity contribution < 1.29 is 9.47 Å². The lowest BCUT2D eigenvalue weighted by Crippen LogP contribution is -2.65. The van der Waals surface area contributed by atoms with Crippen LogP contribution in [0.3, 0.4) is 0 Å². The van der Waals surface area contributed by atoms with Gasteiger partial charge in [0.05, 0.1) is 13.2 Å². The first kappa shape index (κ1) is 17.6. The first-order valence-corrected chi connectivity index (χ1v) is 9.91. The standard InChI is InChI=1S/C20H21BrN2O2S/c1-4-12-5-7-14(8-6-12)23-19(26)22-16-11-20(23,2)25-18-15(16)9-13(21)10-17(18)24-3/h5-10,16H,4,11H2,1-3H3,(H,22,26). The minimum absolute atomic E-state index is 0.0915. The van der Waals surface area contributed by atoms with Gasteiger partial charge in [0.15, 0.2) is 22.3 Å². The van der Waals surface area contributed by atoms with E-state index in [1.165, 1.54) is 5.56 Å². The third kappa shape index (κ3) is 2.76. The molecule has 0 aliphatic carbocycles. The number of aryl methyl sites for hydroxylation is 1. The van der Waals surface area contributed by atoms with Crippen molar-refractivity contribution in [3.8, 4) is 11.5 Å².